The van der Waals surface area contributed by atoms with Crippen molar-refractivity contribution in [3.63, 3.8) is 0 Å². The molecule has 0 atom stereocenters. The van der Waals surface area contributed by atoms with Gasteiger partial charge in [-0.15, -0.1) is 4.40 Å². The van der Waals surface area contributed by atoms with E-state index in [0.29, 0.717) is 42.5 Å². The normalized spacial score (nSPS) is 20.8. The fraction of sp³-hybridized carbons (Fsp3) is 0.367. The molecule has 1 heterocycles. The van der Waals surface area contributed by atoms with Crippen LogP contribution >= 0.6 is 15.9 Å². The summed E-state index contributed by atoms with van der Waals surface area (Å²) in [4.78, 5) is 29.8. The zero-order valence-corrected chi connectivity index (χ0v) is 25.4. The maximum Gasteiger partial charge on any atom is 0.285 e. The maximum absolute atomic E-state index is 13.9. The Labute approximate surface area is 243 Å². The van der Waals surface area contributed by atoms with Gasteiger partial charge in [0, 0.05) is 51.5 Å². The second kappa shape index (κ2) is 9.69. The molecule has 4 N–H and O–H groups in total. The monoisotopic (exact) mass is 624 g/mol. The Hall–Kier alpha value is -3.24. The summed E-state index contributed by atoms with van der Waals surface area (Å²) in [6.07, 6.45) is 2.01. The van der Waals surface area contributed by atoms with Crippen LogP contribution in [0.4, 0.5) is 5.69 Å². The van der Waals surface area contributed by atoms with E-state index in [1.165, 1.54) is 12.1 Å². The number of Topliss-reactive ketones (excluding diaryl/α,β-unsaturated/α-hetero) is 2. The van der Waals surface area contributed by atoms with Crippen molar-refractivity contribution in [3.8, 4) is 0 Å². The van der Waals surface area contributed by atoms with E-state index >= 15 is 0 Å². The number of rotatable bonds is 4. The lowest BCUT2D eigenvalue weighted by Gasteiger charge is -2.49. The van der Waals surface area contributed by atoms with E-state index < -0.39 is 21.9 Å². The van der Waals surface area contributed by atoms with Gasteiger partial charge in [-0.2, -0.15) is 8.42 Å². The van der Waals surface area contributed by atoms with Gasteiger partial charge in [-0.3, -0.25) is 9.59 Å². The fourth-order valence-electron chi connectivity index (χ4n) is 6.22. The summed E-state index contributed by atoms with van der Waals surface area (Å²) in [7, 11) is -4.07. The standard InChI is InChI=1S/C30H33BrN4O4S/c1-29(2)13-21-26(23(36)15-29)25(17-5-7-18(31)8-6-17)27-22(14-30(3,4)16-24(27)37)35(21)19-9-11-20(12-10-19)40(38,39)34-28(32)33/h5-12,25H,13-16H2,1-4H3,(H4,32,33,34). The highest BCUT2D eigenvalue weighted by Gasteiger charge is 2.49. The van der Waals surface area contributed by atoms with E-state index in [4.69, 9.17) is 11.5 Å². The number of anilines is 1. The van der Waals surface area contributed by atoms with Crippen LogP contribution in [0.3, 0.4) is 0 Å². The minimum absolute atomic E-state index is 0.0281. The van der Waals surface area contributed by atoms with Crippen molar-refractivity contribution in [2.24, 2.45) is 26.7 Å². The van der Waals surface area contributed by atoms with Crippen molar-refractivity contribution >= 4 is 49.2 Å². The average Bonchev–Trinajstić information content (AvgIpc) is 2.81. The first-order chi connectivity index (χ1) is 18.6. The number of guanidine groups is 1. The number of ketones is 2. The first-order valence-corrected chi connectivity index (χ1v) is 15.4. The Morgan fingerprint density at radius 2 is 1.30 bits per heavy atom. The average molecular weight is 626 g/mol. The molecular weight excluding hydrogens is 592 g/mol. The predicted molar refractivity (Wildman–Crippen MR) is 159 cm³/mol. The number of allylic oxidation sites excluding steroid dienone is 4. The summed E-state index contributed by atoms with van der Waals surface area (Å²) in [5, 5.41) is 0. The SMILES string of the molecule is CC1(C)CC(=O)C2=C(C1)N(c1ccc(S(=O)(=O)N=C(N)N)cc1)C1=C(C(=O)CC(C)(C)C1)C2c1ccc(Br)cc1. The number of hydrogen-bond donors (Lipinski definition) is 2. The molecule has 3 aliphatic rings. The summed E-state index contributed by atoms with van der Waals surface area (Å²) >= 11 is 3.50. The second-order valence-corrected chi connectivity index (χ2v) is 14.9. The van der Waals surface area contributed by atoms with E-state index in [-0.39, 0.29) is 27.3 Å². The Morgan fingerprint density at radius 3 is 1.75 bits per heavy atom. The summed E-state index contributed by atoms with van der Waals surface area (Å²) < 4.78 is 29.5. The van der Waals surface area contributed by atoms with Crippen LogP contribution in [0, 0.1) is 10.8 Å². The van der Waals surface area contributed by atoms with E-state index in [1.54, 1.807) is 12.1 Å². The number of sulfonamides is 1. The van der Waals surface area contributed by atoms with Crippen LogP contribution in [-0.4, -0.2) is 25.9 Å². The quantitative estimate of drug-likeness (QED) is 0.348. The smallest absolute Gasteiger partial charge is 0.285 e. The number of carbonyl (C=O) groups is 2. The van der Waals surface area contributed by atoms with Gasteiger partial charge in [0.05, 0.1) is 4.90 Å². The number of nitrogens with zero attached hydrogens (tertiary/aromatic N) is 2. The van der Waals surface area contributed by atoms with Gasteiger partial charge >= 0.3 is 0 Å². The summed E-state index contributed by atoms with van der Waals surface area (Å²) in [6.45, 7) is 8.30. The van der Waals surface area contributed by atoms with Crippen molar-refractivity contribution in [2.75, 3.05) is 4.90 Å². The summed E-state index contributed by atoms with van der Waals surface area (Å²) in [5.41, 5.74) is 14.6. The molecule has 0 unspecified atom stereocenters. The lowest BCUT2D eigenvalue weighted by molar-refractivity contribution is -0.119. The van der Waals surface area contributed by atoms with Crippen molar-refractivity contribution < 1.29 is 18.0 Å². The number of nitrogens with two attached hydrogens (primary N) is 2. The molecule has 5 rings (SSSR count). The van der Waals surface area contributed by atoms with Gasteiger partial charge in [0.2, 0.25) is 5.96 Å². The lowest BCUT2D eigenvalue weighted by atomic mass is 9.63. The Kier molecular flexibility index (Phi) is 6.86. The van der Waals surface area contributed by atoms with E-state index in [2.05, 4.69) is 48.0 Å². The molecule has 40 heavy (non-hydrogen) atoms. The number of hydrogen-bond acceptors (Lipinski definition) is 5. The molecular formula is C30H33BrN4O4S. The van der Waals surface area contributed by atoms with Gasteiger partial charge < -0.3 is 16.4 Å². The highest BCUT2D eigenvalue weighted by molar-refractivity contribution is 9.10. The Balaban J connectivity index is 1.77. The number of carbonyl (C=O) groups excluding carboxylic acids is 2. The number of halogens is 1. The van der Waals surface area contributed by atoms with Crippen LogP contribution < -0.4 is 16.4 Å². The van der Waals surface area contributed by atoms with Gasteiger partial charge in [-0.25, -0.2) is 0 Å². The molecule has 210 valence electrons. The summed E-state index contributed by atoms with van der Waals surface area (Å²) in [5.74, 6) is -0.946. The molecule has 0 saturated carbocycles. The maximum atomic E-state index is 13.9. The molecule has 2 aromatic carbocycles. The van der Waals surface area contributed by atoms with Gasteiger partial charge in [0.1, 0.15) is 0 Å². The third-order valence-electron chi connectivity index (χ3n) is 7.73. The molecule has 0 bridgehead atoms. The highest BCUT2D eigenvalue weighted by atomic mass is 79.9. The van der Waals surface area contributed by atoms with Gasteiger partial charge in [-0.05, 0) is 65.6 Å². The molecule has 8 nitrogen and oxygen atoms in total. The summed E-state index contributed by atoms with van der Waals surface area (Å²) in [6, 6.07) is 14.1. The molecule has 0 spiro atoms. The van der Waals surface area contributed by atoms with E-state index in [0.717, 1.165) is 21.4 Å². The molecule has 0 saturated heterocycles. The second-order valence-electron chi connectivity index (χ2n) is 12.4. The molecule has 0 aromatic heterocycles. The minimum atomic E-state index is -4.07. The molecule has 2 aromatic rings. The Bertz CT molecular complexity index is 1560. The van der Waals surface area contributed by atoms with Crippen LogP contribution in [0.2, 0.25) is 0 Å². The van der Waals surface area contributed by atoms with E-state index in [9.17, 15) is 18.0 Å². The van der Waals surface area contributed by atoms with Crippen LogP contribution in [0.1, 0.15) is 64.9 Å². The third-order valence-corrected chi connectivity index (χ3v) is 9.58. The fourth-order valence-corrected chi connectivity index (χ4v) is 7.35. The largest absolute Gasteiger partial charge is 0.369 e. The molecule has 10 heteroatoms. The van der Waals surface area contributed by atoms with Crippen molar-refractivity contribution in [1.29, 1.82) is 0 Å². The molecule has 0 fully saturated rings. The molecule has 2 aliphatic carbocycles. The first-order valence-electron chi connectivity index (χ1n) is 13.1. The van der Waals surface area contributed by atoms with Gasteiger partial charge in [0.25, 0.3) is 10.0 Å². The van der Waals surface area contributed by atoms with Crippen molar-refractivity contribution in [3.05, 3.63) is 81.1 Å². The van der Waals surface area contributed by atoms with Crippen molar-refractivity contribution in [2.45, 2.75) is 64.2 Å². The molecule has 0 radical (unpaired) electrons. The third kappa shape index (κ3) is 5.14. The van der Waals surface area contributed by atoms with Crippen LogP contribution in [0.15, 0.2) is 84.8 Å². The Morgan fingerprint density at radius 1 is 0.825 bits per heavy atom. The highest BCUT2D eigenvalue weighted by Crippen LogP contribution is 2.55. The lowest BCUT2D eigenvalue weighted by Crippen LogP contribution is -2.44. The van der Waals surface area contributed by atoms with Crippen molar-refractivity contribution in [1.82, 2.24) is 0 Å². The van der Waals surface area contributed by atoms with Crippen LogP contribution in [-0.2, 0) is 19.6 Å². The number of benzene rings is 2. The zero-order chi connectivity index (χ0) is 29.2. The molecule has 1 aliphatic heterocycles. The topological polar surface area (TPSA) is 136 Å². The van der Waals surface area contributed by atoms with Gasteiger partial charge in [-0.1, -0.05) is 55.8 Å². The molecule has 0 amide bonds. The van der Waals surface area contributed by atoms with Crippen LogP contribution in [0.25, 0.3) is 0 Å². The van der Waals surface area contributed by atoms with Gasteiger partial charge in [0.15, 0.2) is 11.6 Å². The minimum Gasteiger partial charge on any atom is -0.369 e. The predicted octanol–water partition coefficient (Wildman–Crippen LogP) is 5.30. The van der Waals surface area contributed by atoms with E-state index in [1.807, 2.05) is 29.2 Å². The zero-order valence-electron chi connectivity index (χ0n) is 23.0. The van der Waals surface area contributed by atoms with Crippen LogP contribution in [0.5, 0.6) is 0 Å². The first kappa shape index (κ1) is 28.3.